The summed E-state index contributed by atoms with van der Waals surface area (Å²) in [6.45, 7) is 5.43. The van der Waals surface area contributed by atoms with Gasteiger partial charge in [0.2, 0.25) is 5.91 Å². The second-order valence-corrected chi connectivity index (χ2v) is 5.75. The van der Waals surface area contributed by atoms with E-state index in [9.17, 15) is 4.79 Å². The number of carbonyl (C=O) groups is 1. The van der Waals surface area contributed by atoms with Crippen molar-refractivity contribution in [2.24, 2.45) is 5.41 Å². The third kappa shape index (κ3) is 5.26. The minimum atomic E-state index is 0. The van der Waals surface area contributed by atoms with Crippen LogP contribution in [0.5, 0.6) is 0 Å². The summed E-state index contributed by atoms with van der Waals surface area (Å²) in [5.74, 6) is 0.277. The summed E-state index contributed by atoms with van der Waals surface area (Å²) >= 11 is 0. The van der Waals surface area contributed by atoms with Gasteiger partial charge >= 0.3 is 0 Å². The molecule has 1 saturated carbocycles. The Labute approximate surface area is 112 Å². The van der Waals surface area contributed by atoms with Crippen LogP contribution in [-0.2, 0) is 4.79 Å². The molecular weight excluding hydrogens is 236 g/mol. The van der Waals surface area contributed by atoms with Crippen molar-refractivity contribution in [1.29, 1.82) is 0 Å². The van der Waals surface area contributed by atoms with Gasteiger partial charge in [0, 0.05) is 26.1 Å². The van der Waals surface area contributed by atoms with Gasteiger partial charge in [0.15, 0.2) is 0 Å². The molecule has 1 aliphatic carbocycles. The molecule has 0 aliphatic heterocycles. The first-order chi connectivity index (χ1) is 7.46. The van der Waals surface area contributed by atoms with Crippen molar-refractivity contribution in [1.82, 2.24) is 10.2 Å². The van der Waals surface area contributed by atoms with Crippen LogP contribution in [0.3, 0.4) is 0 Å². The highest BCUT2D eigenvalue weighted by atomic mass is 35.5. The predicted octanol–water partition coefficient (Wildman–Crippen LogP) is 2.44. The van der Waals surface area contributed by atoms with Gasteiger partial charge in [-0.2, -0.15) is 0 Å². The quantitative estimate of drug-likeness (QED) is 0.844. The Morgan fingerprint density at radius 2 is 1.88 bits per heavy atom. The molecule has 1 aliphatic rings. The molecule has 0 aromatic carbocycles. The van der Waals surface area contributed by atoms with Crippen LogP contribution in [0.2, 0.25) is 0 Å². The smallest absolute Gasteiger partial charge is 0.223 e. The highest BCUT2D eigenvalue weighted by Gasteiger charge is 2.30. The van der Waals surface area contributed by atoms with Gasteiger partial charge in [-0.25, -0.2) is 0 Å². The van der Waals surface area contributed by atoms with Crippen LogP contribution in [0.15, 0.2) is 0 Å². The van der Waals surface area contributed by atoms with Gasteiger partial charge in [-0.15, -0.1) is 12.4 Å². The van der Waals surface area contributed by atoms with Gasteiger partial charge in [-0.3, -0.25) is 4.79 Å². The summed E-state index contributed by atoms with van der Waals surface area (Å²) in [5, 5.41) is 3.02. The van der Waals surface area contributed by atoms with Crippen LogP contribution < -0.4 is 5.32 Å². The fourth-order valence-corrected chi connectivity index (χ4v) is 2.38. The number of hydrogen-bond donors (Lipinski definition) is 1. The molecule has 0 heterocycles. The van der Waals surface area contributed by atoms with Crippen LogP contribution in [0, 0.1) is 5.41 Å². The summed E-state index contributed by atoms with van der Waals surface area (Å²) in [7, 11) is 3.84. The molecule has 1 fully saturated rings. The number of halogens is 1. The van der Waals surface area contributed by atoms with E-state index >= 15 is 0 Å². The van der Waals surface area contributed by atoms with Crippen LogP contribution in [0.25, 0.3) is 0 Å². The first-order valence-electron chi connectivity index (χ1n) is 6.36. The molecule has 0 spiro atoms. The summed E-state index contributed by atoms with van der Waals surface area (Å²) in [4.78, 5) is 13.8. The molecule has 0 saturated heterocycles. The van der Waals surface area contributed by atoms with E-state index in [0.29, 0.717) is 17.9 Å². The number of nitrogens with zero attached hydrogens (tertiary/aromatic N) is 1. The third-order valence-electron chi connectivity index (χ3n) is 3.84. The molecule has 0 aromatic heterocycles. The SMILES string of the molecule is CNCCC(=O)N(C)C1CCC(C)(C)CC1.Cl. The third-order valence-corrected chi connectivity index (χ3v) is 3.84. The van der Waals surface area contributed by atoms with Crippen molar-refractivity contribution in [2.75, 3.05) is 20.6 Å². The molecule has 0 unspecified atom stereocenters. The Morgan fingerprint density at radius 1 is 1.35 bits per heavy atom. The van der Waals surface area contributed by atoms with Gasteiger partial charge in [-0.05, 0) is 38.1 Å². The molecule has 102 valence electrons. The molecule has 0 bridgehead atoms. The second-order valence-electron chi connectivity index (χ2n) is 5.75. The van der Waals surface area contributed by atoms with E-state index in [1.165, 1.54) is 12.8 Å². The van der Waals surface area contributed by atoms with Crippen molar-refractivity contribution < 1.29 is 4.79 Å². The Hall–Kier alpha value is -0.280. The monoisotopic (exact) mass is 262 g/mol. The minimum absolute atomic E-state index is 0. The minimum Gasteiger partial charge on any atom is -0.343 e. The molecule has 0 aromatic rings. The fourth-order valence-electron chi connectivity index (χ4n) is 2.38. The molecule has 0 atom stereocenters. The van der Waals surface area contributed by atoms with E-state index < -0.39 is 0 Å². The normalized spacial score (nSPS) is 19.5. The lowest BCUT2D eigenvalue weighted by atomic mass is 9.75. The molecule has 1 N–H and O–H groups in total. The zero-order valence-corrected chi connectivity index (χ0v) is 12.4. The van der Waals surface area contributed by atoms with E-state index in [1.807, 2.05) is 19.0 Å². The summed E-state index contributed by atoms with van der Waals surface area (Å²) in [6, 6.07) is 0.470. The van der Waals surface area contributed by atoms with Gasteiger partial charge in [0.1, 0.15) is 0 Å². The van der Waals surface area contributed by atoms with Gasteiger partial charge in [0.05, 0.1) is 0 Å². The molecule has 3 nitrogen and oxygen atoms in total. The Bertz CT molecular complexity index is 234. The van der Waals surface area contributed by atoms with E-state index in [-0.39, 0.29) is 18.3 Å². The number of rotatable bonds is 4. The van der Waals surface area contributed by atoms with Crippen LogP contribution >= 0.6 is 12.4 Å². The van der Waals surface area contributed by atoms with E-state index in [1.54, 1.807) is 0 Å². The topological polar surface area (TPSA) is 32.3 Å². The second kappa shape index (κ2) is 7.22. The van der Waals surface area contributed by atoms with Crippen LogP contribution in [-0.4, -0.2) is 37.5 Å². The maximum absolute atomic E-state index is 11.8. The average molecular weight is 263 g/mol. The summed E-state index contributed by atoms with van der Waals surface area (Å²) < 4.78 is 0. The Balaban J connectivity index is 0.00000256. The molecule has 4 heteroatoms. The Morgan fingerprint density at radius 3 is 2.35 bits per heavy atom. The van der Waals surface area contributed by atoms with E-state index in [2.05, 4.69) is 19.2 Å². The maximum atomic E-state index is 11.8. The number of amides is 1. The van der Waals surface area contributed by atoms with Crippen molar-refractivity contribution >= 4 is 18.3 Å². The lowest BCUT2D eigenvalue weighted by molar-refractivity contribution is -0.132. The average Bonchev–Trinajstić information content (AvgIpc) is 2.25. The van der Waals surface area contributed by atoms with Crippen molar-refractivity contribution in [2.45, 2.75) is 52.0 Å². The largest absolute Gasteiger partial charge is 0.343 e. The predicted molar refractivity (Wildman–Crippen MR) is 74.6 cm³/mol. The molecule has 17 heavy (non-hydrogen) atoms. The molecular formula is C13H27ClN2O. The fraction of sp³-hybridized carbons (Fsp3) is 0.923. The first-order valence-corrected chi connectivity index (χ1v) is 6.36. The standard InChI is InChI=1S/C13H26N2O.ClH/c1-13(2)8-5-11(6-9-13)15(4)12(16)7-10-14-3;/h11,14H,5-10H2,1-4H3;1H. The van der Waals surface area contributed by atoms with Crippen molar-refractivity contribution in [3.05, 3.63) is 0 Å². The molecule has 1 rings (SSSR count). The van der Waals surface area contributed by atoms with E-state index in [4.69, 9.17) is 0 Å². The lowest BCUT2D eigenvalue weighted by Crippen LogP contribution is -2.41. The van der Waals surface area contributed by atoms with Gasteiger partial charge in [0.25, 0.3) is 0 Å². The first kappa shape index (κ1) is 16.7. The van der Waals surface area contributed by atoms with Crippen LogP contribution in [0.1, 0.15) is 46.0 Å². The van der Waals surface area contributed by atoms with Crippen LogP contribution in [0.4, 0.5) is 0 Å². The van der Waals surface area contributed by atoms with Crippen molar-refractivity contribution in [3.63, 3.8) is 0 Å². The lowest BCUT2D eigenvalue weighted by Gasteiger charge is -2.38. The van der Waals surface area contributed by atoms with Gasteiger partial charge < -0.3 is 10.2 Å². The molecule has 0 radical (unpaired) electrons. The zero-order valence-electron chi connectivity index (χ0n) is 11.6. The highest BCUT2D eigenvalue weighted by molar-refractivity contribution is 5.85. The molecule has 1 amide bonds. The number of carbonyl (C=O) groups excluding carboxylic acids is 1. The van der Waals surface area contributed by atoms with Crippen molar-refractivity contribution in [3.8, 4) is 0 Å². The summed E-state index contributed by atoms with van der Waals surface area (Å²) in [5.41, 5.74) is 0.478. The number of nitrogens with one attached hydrogen (secondary N) is 1. The number of hydrogen-bond acceptors (Lipinski definition) is 2. The highest BCUT2D eigenvalue weighted by Crippen LogP contribution is 2.36. The summed E-state index contributed by atoms with van der Waals surface area (Å²) in [6.07, 6.45) is 5.42. The zero-order chi connectivity index (χ0) is 12.2. The maximum Gasteiger partial charge on any atom is 0.223 e. The Kier molecular flexibility index (Phi) is 7.10. The van der Waals surface area contributed by atoms with Gasteiger partial charge in [-0.1, -0.05) is 13.8 Å². The van der Waals surface area contributed by atoms with E-state index in [0.717, 1.165) is 19.4 Å².